The summed E-state index contributed by atoms with van der Waals surface area (Å²) in [5.41, 5.74) is -0.211. The van der Waals surface area contributed by atoms with E-state index in [-0.39, 0.29) is 29.6 Å². The van der Waals surface area contributed by atoms with E-state index in [1.807, 2.05) is 13.8 Å². The van der Waals surface area contributed by atoms with Gasteiger partial charge in [-0.3, -0.25) is 4.99 Å². The molecule has 0 aromatic carbocycles. The molecule has 2 N–H and O–H groups in total. The minimum absolute atomic E-state index is 0. The first-order chi connectivity index (χ1) is 8.49. The van der Waals surface area contributed by atoms with Crippen LogP contribution in [0.5, 0.6) is 0 Å². The molecule has 5 heteroatoms. The first-order valence-corrected chi connectivity index (χ1v) is 7.06. The van der Waals surface area contributed by atoms with Crippen LogP contribution in [0.2, 0.25) is 0 Å². The Morgan fingerprint density at radius 1 is 1.16 bits per heavy atom. The van der Waals surface area contributed by atoms with Crippen LogP contribution in [0.1, 0.15) is 47.5 Å². The largest absolute Gasteiger partial charge is 0.377 e. The zero-order valence-corrected chi connectivity index (χ0v) is 15.7. The van der Waals surface area contributed by atoms with Gasteiger partial charge in [-0.1, -0.05) is 26.7 Å². The lowest BCUT2D eigenvalue weighted by Crippen LogP contribution is -2.41. The first kappa shape index (κ1) is 21.3. The van der Waals surface area contributed by atoms with Crippen LogP contribution < -0.4 is 10.6 Å². The second kappa shape index (κ2) is 11.8. The number of nitrogens with one attached hydrogen (secondary N) is 2. The summed E-state index contributed by atoms with van der Waals surface area (Å²) in [4.78, 5) is 4.57. The molecule has 0 spiro atoms. The lowest BCUT2D eigenvalue weighted by Gasteiger charge is -2.22. The van der Waals surface area contributed by atoms with Gasteiger partial charge in [0.2, 0.25) is 0 Å². The highest BCUT2D eigenvalue weighted by molar-refractivity contribution is 14.0. The van der Waals surface area contributed by atoms with E-state index in [1.54, 1.807) is 7.11 Å². The average Bonchev–Trinajstić information content (AvgIpc) is 2.37. The molecule has 0 atom stereocenters. The molecule has 0 bridgehead atoms. The van der Waals surface area contributed by atoms with Crippen molar-refractivity contribution in [1.82, 2.24) is 10.6 Å². The second-order valence-corrected chi connectivity index (χ2v) is 5.22. The summed E-state index contributed by atoms with van der Waals surface area (Å²) < 4.78 is 5.37. The number of halogens is 1. The van der Waals surface area contributed by atoms with Crippen LogP contribution in [0.4, 0.5) is 0 Å². The van der Waals surface area contributed by atoms with Gasteiger partial charge in [-0.2, -0.15) is 0 Å². The number of aliphatic imine (C=N–C) groups is 1. The molecule has 0 aromatic rings. The summed E-state index contributed by atoms with van der Waals surface area (Å²) in [6, 6.07) is 0. The molecule has 0 saturated carbocycles. The fourth-order valence-electron chi connectivity index (χ4n) is 1.49. The maximum absolute atomic E-state index is 5.37. The minimum atomic E-state index is -0.211. The Bertz CT molecular complexity index is 241. The Hall–Kier alpha value is -0.0400. The molecule has 0 rings (SSSR count). The molecular weight excluding hydrogens is 353 g/mol. The number of hydrogen-bond donors (Lipinski definition) is 2. The van der Waals surface area contributed by atoms with Gasteiger partial charge in [0.25, 0.3) is 0 Å². The van der Waals surface area contributed by atoms with Gasteiger partial charge >= 0.3 is 0 Å². The van der Waals surface area contributed by atoms with Crippen molar-refractivity contribution < 1.29 is 4.74 Å². The molecule has 4 nitrogen and oxygen atoms in total. The zero-order valence-electron chi connectivity index (χ0n) is 13.4. The van der Waals surface area contributed by atoms with Crippen LogP contribution in [-0.2, 0) is 4.74 Å². The summed E-state index contributed by atoms with van der Waals surface area (Å²) in [7, 11) is 1.72. The molecule has 0 amide bonds. The zero-order chi connectivity index (χ0) is 14.0. The second-order valence-electron chi connectivity index (χ2n) is 5.22. The SMILES string of the molecule is CCNC(=NCC(C)(C)OC)NCC(CC)CC.I. The van der Waals surface area contributed by atoms with Crippen molar-refractivity contribution in [3.05, 3.63) is 0 Å². The number of methoxy groups -OCH3 is 1. The van der Waals surface area contributed by atoms with Crippen molar-refractivity contribution in [3.63, 3.8) is 0 Å². The molecule has 0 radical (unpaired) electrons. The van der Waals surface area contributed by atoms with E-state index in [0.29, 0.717) is 12.5 Å². The van der Waals surface area contributed by atoms with Crippen LogP contribution >= 0.6 is 24.0 Å². The van der Waals surface area contributed by atoms with E-state index in [9.17, 15) is 0 Å². The molecule has 0 heterocycles. The van der Waals surface area contributed by atoms with E-state index in [0.717, 1.165) is 19.0 Å². The lowest BCUT2D eigenvalue weighted by atomic mass is 10.0. The molecule has 0 unspecified atom stereocenters. The Kier molecular flexibility index (Phi) is 13.2. The van der Waals surface area contributed by atoms with E-state index in [4.69, 9.17) is 4.74 Å². The highest BCUT2D eigenvalue weighted by Crippen LogP contribution is 2.07. The van der Waals surface area contributed by atoms with Crippen LogP contribution in [0.3, 0.4) is 0 Å². The van der Waals surface area contributed by atoms with E-state index in [2.05, 4.69) is 36.4 Å². The van der Waals surface area contributed by atoms with Crippen LogP contribution in [-0.4, -0.2) is 38.3 Å². The molecule has 0 fully saturated rings. The van der Waals surface area contributed by atoms with Crippen LogP contribution in [0, 0.1) is 5.92 Å². The fraction of sp³-hybridized carbons (Fsp3) is 0.929. The summed E-state index contributed by atoms with van der Waals surface area (Å²) >= 11 is 0. The smallest absolute Gasteiger partial charge is 0.191 e. The predicted octanol–water partition coefficient (Wildman–Crippen LogP) is 3.02. The number of guanidine groups is 1. The molecule has 0 aliphatic carbocycles. The van der Waals surface area contributed by atoms with Crippen LogP contribution in [0.15, 0.2) is 4.99 Å². The third-order valence-electron chi connectivity index (χ3n) is 3.23. The Labute approximate surface area is 136 Å². The van der Waals surface area contributed by atoms with Gasteiger partial charge in [-0.25, -0.2) is 0 Å². The van der Waals surface area contributed by atoms with Gasteiger partial charge < -0.3 is 15.4 Å². The highest BCUT2D eigenvalue weighted by atomic mass is 127. The normalized spacial score (nSPS) is 12.3. The number of ether oxygens (including phenoxy) is 1. The predicted molar refractivity (Wildman–Crippen MR) is 94.6 cm³/mol. The van der Waals surface area contributed by atoms with Gasteiger partial charge in [0.05, 0.1) is 12.1 Å². The number of rotatable bonds is 8. The van der Waals surface area contributed by atoms with E-state index in [1.165, 1.54) is 12.8 Å². The Morgan fingerprint density at radius 2 is 1.74 bits per heavy atom. The monoisotopic (exact) mass is 385 g/mol. The molecule has 0 aromatic heterocycles. The number of hydrogen-bond acceptors (Lipinski definition) is 2. The summed E-state index contributed by atoms with van der Waals surface area (Å²) in [6.45, 7) is 13.1. The summed E-state index contributed by atoms with van der Waals surface area (Å²) in [5.74, 6) is 1.60. The lowest BCUT2D eigenvalue weighted by molar-refractivity contribution is 0.0310. The molecule has 0 aliphatic rings. The van der Waals surface area contributed by atoms with E-state index >= 15 is 0 Å². The Balaban J connectivity index is 0. The minimum Gasteiger partial charge on any atom is -0.377 e. The molecular formula is C14H32IN3O. The summed E-state index contributed by atoms with van der Waals surface area (Å²) in [6.07, 6.45) is 2.40. The fourth-order valence-corrected chi connectivity index (χ4v) is 1.49. The van der Waals surface area contributed by atoms with Gasteiger partial charge in [-0.15, -0.1) is 24.0 Å². The molecule has 0 aliphatic heterocycles. The van der Waals surface area contributed by atoms with Crippen molar-refractivity contribution >= 4 is 29.9 Å². The average molecular weight is 385 g/mol. The highest BCUT2D eigenvalue weighted by Gasteiger charge is 2.15. The van der Waals surface area contributed by atoms with Gasteiger partial charge in [0.15, 0.2) is 5.96 Å². The third kappa shape index (κ3) is 10.4. The maximum Gasteiger partial charge on any atom is 0.191 e. The van der Waals surface area contributed by atoms with Crippen LogP contribution in [0.25, 0.3) is 0 Å². The maximum atomic E-state index is 5.37. The topological polar surface area (TPSA) is 45.7 Å². The molecule has 0 saturated heterocycles. The van der Waals surface area contributed by atoms with Crippen molar-refractivity contribution in [2.45, 2.75) is 53.1 Å². The van der Waals surface area contributed by atoms with Crippen molar-refractivity contribution in [2.24, 2.45) is 10.9 Å². The van der Waals surface area contributed by atoms with Gasteiger partial charge in [0.1, 0.15) is 0 Å². The quantitative estimate of drug-likeness (QED) is 0.384. The molecule has 116 valence electrons. The van der Waals surface area contributed by atoms with Crippen molar-refractivity contribution in [1.29, 1.82) is 0 Å². The molecule has 19 heavy (non-hydrogen) atoms. The van der Waals surface area contributed by atoms with Crippen molar-refractivity contribution in [3.8, 4) is 0 Å². The van der Waals surface area contributed by atoms with Crippen molar-refractivity contribution in [2.75, 3.05) is 26.7 Å². The summed E-state index contributed by atoms with van der Waals surface area (Å²) in [5, 5.41) is 6.67. The number of nitrogens with zero attached hydrogens (tertiary/aromatic N) is 1. The Morgan fingerprint density at radius 3 is 2.16 bits per heavy atom. The van der Waals surface area contributed by atoms with Gasteiger partial charge in [0, 0.05) is 20.2 Å². The third-order valence-corrected chi connectivity index (χ3v) is 3.23. The standard InChI is InChI=1S/C14H31N3O.HI/c1-7-12(8-2)10-16-13(15-9-3)17-11-14(4,5)18-6;/h12H,7-11H2,1-6H3,(H2,15,16,17);1H. The first-order valence-electron chi connectivity index (χ1n) is 7.06. The van der Waals surface area contributed by atoms with Gasteiger partial charge in [-0.05, 0) is 26.7 Å². The van der Waals surface area contributed by atoms with E-state index < -0.39 is 0 Å².